The molecule has 3 N–H and O–H groups in total. The number of carboxylic acids is 1. The van der Waals surface area contributed by atoms with E-state index in [0.717, 1.165) is 0 Å². The second kappa shape index (κ2) is 7.64. The molecular formula is C14H17ClN2O4. The van der Waals surface area contributed by atoms with Crippen molar-refractivity contribution >= 4 is 29.4 Å². The standard InChI is InChI=1S/C14H17ClN2O4/c1-8(2)12(14(21)16-7-11(18)19)17-13(20)9-5-3-4-6-10(9)15/h3-6,8,12H,7H2,1-2H3,(H,16,21)(H,17,20)(H,18,19). The SMILES string of the molecule is CC(C)C(NC(=O)c1ccccc1Cl)C(=O)NCC(=O)O. The van der Waals surface area contributed by atoms with Crippen LogP contribution in [-0.2, 0) is 9.59 Å². The molecule has 0 saturated carbocycles. The van der Waals surface area contributed by atoms with E-state index in [1.54, 1.807) is 38.1 Å². The lowest BCUT2D eigenvalue weighted by Gasteiger charge is -2.21. The predicted octanol–water partition coefficient (Wildman–Crippen LogP) is 1.30. The quantitative estimate of drug-likeness (QED) is 0.737. The zero-order valence-electron chi connectivity index (χ0n) is 11.7. The molecule has 1 aromatic rings. The van der Waals surface area contributed by atoms with Gasteiger partial charge in [0.2, 0.25) is 5.91 Å². The van der Waals surface area contributed by atoms with Crippen molar-refractivity contribution in [2.75, 3.05) is 6.54 Å². The third-order valence-corrected chi connectivity index (χ3v) is 3.10. The van der Waals surface area contributed by atoms with Gasteiger partial charge in [-0.1, -0.05) is 37.6 Å². The van der Waals surface area contributed by atoms with Crippen molar-refractivity contribution < 1.29 is 19.5 Å². The number of carbonyl (C=O) groups is 3. The Morgan fingerprint density at radius 1 is 1.24 bits per heavy atom. The molecule has 2 amide bonds. The van der Waals surface area contributed by atoms with Crippen molar-refractivity contribution in [2.45, 2.75) is 19.9 Å². The van der Waals surface area contributed by atoms with Gasteiger partial charge in [0.05, 0.1) is 10.6 Å². The number of carboxylic acid groups (broad SMARTS) is 1. The summed E-state index contributed by atoms with van der Waals surface area (Å²) < 4.78 is 0. The van der Waals surface area contributed by atoms with Gasteiger partial charge in [-0.2, -0.15) is 0 Å². The van der Waals surface area contributed by atoms with Crippen LogP contribution in [0.25, 0.3) is 0 Å². The smallest absolute Gasteiger partial charge is 0.322 e. The molecule has 0 heterocycles. The number of nitrogens with one attached hydrogen (secondary N) is 2. The molecule has 0 fully saturated rings. The second-order valence-electron chi connectivity index (χ2n) is 4.79. The molecule has 0 aliphatic carbocycles. The number of halogens is 1. The van der Waals surface area contributed by atoms with Gasteiger partial charge in [-0.3, -0.25) is 14.4 Å². The molecule has 0 aliphatic heterocycles. The predicted molar refractivity (Wildman–Crippen MR) is 78.2 cm³/mol. The summed E-state index contributed by atoms with van der Waals surface area (Å²) in [7, 11) is 0. The van der Waals surface area contributed by atoms with Crippen LogP contribution in [0.5, 0.6) is 0 Å². The van der Waals surface area contributed by atoms with Crippen LogP contribution >= 0.6 is 11.6 Å². The van der Waals surface area contributed by atoms with Gasteiger partial charge in [0.25, 0.3) is 5.91 Å². The van der Waals surface area contributed by atoms with Gasteiger partial charge in [-0.25, -0.2) is 0 Å². The highest BCUT2D eigenvalue weighted by atomic mass is 35.5. The fourth-order valence-electron chi connectivity index (χ4n) is 1.67. The molecular weight excluding hydrogens is 296 g/mol. The van der Waals surface area contributed by atoms with Crippen molar-refractivity contribution in [3.05, 3.63) is 34.9 Å². The van der Waals surface area contributed by atoms with Crippen LogP contribution < -0.4 is 10.6 Å². The lowest BCUT2D eigenvalue weighted by atomic mass is 10.0. The van der Waals surface area contributed by atoms with Crippen molar-refractivity contribution in [1.82, 2.24) is 10.6 Å². The summed E-state index contributed by atoms with van der Waals surface area (Å²) in [6, 6.07) is 5.64. The highest BCUT2D eigenvalue weighted by Gasteiger charge is 2.25. The van der Waals surface area contributed by atoms with E-state index in [1.165, 1.54) is 0 Å². The van der Waals surface area contributed by atoms with E-state index >= 15 is 0 Å². The van der Waals surface area contributed by atoms with E-state index in [-0.39, 0.29) is 16.5 Å². The molecule has 0 bridgehead atoms. The maximum Gasteiger partial charge on any atom is 0.322 e. The summed E-state index contributed by atoms with van der Waals surface area (Å²) in [5.41, 5.74) is 0.260. The Hall–Kier alpha value is -2.08. The van der Waals surface area contributed by atoms with Gasteiger partial charge in [0, 0.05) is 0 Å². The van der Waals surface area contributed by atoms with E-state index < -0.39 is 30.4 Å². The van der Waals surface area contributed by atoms with Gasteiger partial charge in [-0.15, -0.1) is 0 Å². The number of hydrogen-bond donors (Lipinski definition) is 3. The van der Waals surface area contributed by atoms with E-state index in [4.69, 9.17) is 16.7 Å². The zero-order valence-corrected chi connectivity index (χ0v) is 12.5. The molecule has 7 heteroatoms. The van der Waals surface area contributed by atoms with E-state index in [9.17, 15) is 14.4 Å². The first-order chi connectivity index (χ1) is 9.82. The highest BCUT2D eigenvalue weighted by molar-refractivity contribution is 6.33. The van der Waals surface area contributed by atoms with Crippen molar-refractivity contribution in [3.63, 3.8) is 0 Å². The minimum absolute atomic E-state index is 0.203. The Bertz CT molecular complexity index is 546. The van der Waals surface area contributed by atoms with Gasteiger partial charge >= 0.3 is 5.97 Å². The average Bonchev–Trinajstić information content (AvgIpc) is 2.42. The molecule has 1 unspecified atom stereocenters. The first kappa shape index (κ1) is 17.0. The Balaban J connectivity index is 2.79. The Morgan fingerprint density at radius 2 is 1.86 bits per heavy atom. The largest absolute Gasteiger partial charge is 0.480 e. The normalized spacial score (nSPS) is 11.8. The van der Waals surface area contributed by atoms with Crippen LogP contribution in [0, 0.1) is 5.92 Å². The van der Waals surface area contributed by atoms with Crippen molar-refractivity contribution in [2.24, 2.45) is 5.92 Å². The van der Waals surface area contributed by atoms with Gasteiger partial charge in [0.1, 0.15) is 12.6 Å². The molecule has 0 aliphatic rings. The number of amides is 2. The van der Waals surface area contributed by atoms with Gasteiger partial charge < -0.3 is 15.7 Å². The molecule has 21 heavy (non-hydrogen) atoms. The zero-order chi connectivity index (χ0) is 16.0. The van der Waals surface area contributed by atoms with E-state index in [0.29, 0.717) is 0 Å². The Labute approximate surface area is 127 Å². The minimum Gasteiger partial charge on any atom is -0.480 e. The van der Waals surface area contributed by atoms with Crippen LogP contribution in [0.1, 0.15) is 24.2 Å². The first-order valence-corrected chi connectivity index (χ1v) is 6.75. The lowest BCUT2D eigenvalue weighted by molar-refractivity contribution is -0.138. The van der Waals surface area contributed by atoms with Crippen molar-refractivity contribution in [3.8, 4) is 0 Å². The second-order valence-corrected chi connectivity index (χ2v) is 5.19. The molecule has 114 valence electrons. The molecule has 0 aromatic heterocycles. The van der Waals surface area contributed by atoms with Gasteiger partial charge in [-0.05, 0) is 18.1 Å². The van der Waals surface area contributed by atoms with Crippen LogP contribution in [0.4, 0.5) is 0 Å². The monoisotopic (exact) mass is 312 g/mol. The molecule has 6 nitrogen and oxygen atoms in total. The fourth-order valence-corrected chi connectivity index (χ4v) is 1.89. The van der Waals surface area contributed by atoms with Crippen LogP contribution in [0.3, 0.4) is 0 Å². The molecule has 1 aromatic carbocycles. The molecule has 0 spiro atoms. The number of carbonyl (C=O) groups excluding carboxylic acids is 2. The fraction of sp³-hybridized carbons (Fsp3) is 0.357. The molecule has 0 saturated heterocycles. The summed E-state index contributed by atoms with van der Waals surface area (Å²) in [6.07, 6.45) is 0. The van der Waals surface area contributed by atoms with Crippen molar-refractivity contribution in [1.29, 1.82) is 0 Å². The number of rotatable bonds is 6. The van der Waals surface area contributed by atoms with Crippen LogP contribution in [0.2, 0.25) is 5.02 Å². The third kappa shape index (κ3) is 5.07. The van der Waals surface area contributed by atoms with Gasteiger partial charge in [0.15, 0.2) is 0 Å². The average molecular weight is 313 g/mol. The Kier molecular flexibility index (Phi) is 6.17. The summed E-state index contributed by atoms with van der Waals surface area (Å²) in [5.74, 6) is -2.38. The first-order valence-electron chi connectivity index (χ1n) is 6.37. The van der Waals surface area contributed by atoms with E-state index in [2.05, 4.69) is 10.6 Å². The number of aliphatic carboxylic acids is 1. The molecule has 1 atom stereocenters. The molecule has 1 rings (SSSR count). The van der Waals surface area contributed by atoms with Crippen LogP contribution in [0.15, 0.2) is 24.3 Å². The summed E-state index contributed by atoms with van der Waals surface area (Å²) >= 11 is 5.93. The topological polar surface area (TPSA) is 95.5 Å². The van der Waals surface area contributed by atoms with Crippen LogP contribution in [-0.4, -0.2) is 35.5 Å². The number of hydrogen-bond acceptors (Lipinski definition) is 3. The maximum absolute atomic E-state index is 12.1. The Morgan fingerprint density at radius 3 is 2.38 bits per heavy atom. The third-order valence-electron chi connectivity index (χ3n) is 2.77. The summed E-state index contributed by atoms with van der Waals surface area (Å²) in [5, 5.41) is 13.7. The highest BCUT2D eigenvalue weighted by Crippen LogP contribution is 2.15. The minimum atomic E-state index is -1.15. The summed E-state index contributed by atoms with van der Waals surface area (Å²) in [4.78, 5) is 34.5. The van der Waals surface area contributed by atoms with E-state index in [1.807, 2.05) is 0 Å². The maximum atomic E-state index is 12.1. The summed E-state index contributed by atoms with van der Waals surface area (Å²) in [6.45, 7) is 3.00. The lowest BCUT2D eigenvalue weighted by Crippen LogP contribution is -2.50. The number of benzene rings is 1. The molecule has 0 radical (unpaired) electrons.